The summed E-state index contributed by atoms with van der Waals surface area (Å²) in [6.45, 7) is 5.19. The molecular formula is C17H20N4O3. The number of benzene rings is 1. The topological polar surface area (TPSA) is 81.3 Å². The van der Waals surface area contributed by atoms with E-state index in [9.17, 15) is 14.9 Å². The summed E-state index contributed by atoms with van der Waals surface area (Å²) in [6, 6.07) is 4.91. The highest BCUT2D eigenvalue weighted by Crippen LogP contribution is 2.35. The van der Waals surface area contributed by atoms with E-state index in [0.29, 0.717) is 43.1 Å². The molecule has 3 rings (SSSR count). The van der Waals surface area contributed by atoms with Crippen LogP contribution in [0.5, 0.6) is 0 Å². The Morgan fingerprint density at radius 2 is 2.21 bits per heavy atom. The summed E-state index contributed by atoms with van der Waals surface area (Å²) in [6.07, 6.45) is 4.50. The fourth-order valence-corrected chi connectivity index (χ4v) is 3.21. The summed E-state index contributed by atoms with van der Waals surface area (Å²) < 4.78 is 1.99. The quantitative estimate of drug-likeness (QED) is 0.624. The van der Waals surface area contributed by atoms with Crippen LogP contribution >= 0.6 is 0 Å². The van der Waals surface area contributed by atoms with Crippen LogP contribution in [0.15, 0.2) is 30.6 Å². The molecule has 0 radical (unpaired) electrons. The van der Waals surface area contributed by atoms with Crippen molar-refractivity contribution in [1.82, 2.24) is 9.55 Å². The number of nitro benzene ring substituents is 1. The van der Waals surface area contributed by atoms with Gasteiger partial charge in [0.15, 0.2) is 0 Å². The summed E-state index contributed by atoms with van der Waals surface area (Å²) in [4.78, 5) is 29.3. The average molecular weight is 328 g/mol. The van der Waals surface area contributed by atoms with E-state index in [-0.39, 0.29) is 16.5 Å². The van der Waals surface area contributed by atoms with E-state index in [4.69, 9.17) is 0 Å². The lowest BCUT2D eigenvalue weighted by Crippen LogP contribution is -2.29. The molecule has 1 aromatic carbocycles. The number of hydrogen-bond donors (Lipinski definition) is 0. The number of aromatic nitrogens is 2. The molecule has 0 bridgehead atoms. The summed E-state index contributed by atoms with van der Waals surface area (Å²) >= 11 is 0. The lowest BCUT2D eigenvalue weighted by molar-refractivity contribution is -0.385. The van der Waals surface area contributed by atoms with Crippen molar-refractivity contribution in [3.8, 4) is 0 Å². The Morgan fingerprint density at radius 1 is 1.42 bits per heavy atom. The Labute approximate surface area is 140 Å². The predicted molar refractivity (Wildman–Crippen MR) is 90.1 cm³/mol. The number of imidazole rings is 1. The molecule has 7 heteroatoms. The second kappa shape index (κ2) is 6.43. The van der Waals surface area contributed by atoms with Crippen LogP contribution in [0.1, 0.15) is 37.6 Å². The number of fused-ring (bicyclic) bond motifs is 1. The van der Waals surface area contributed by atoms with E-state index in [1.54, 1.807) is 23.2 Å². The van der Waals surface area contributed by atoms with Crippen LogP contribution in [0, 0.1) is 10.1 Å². The molecule has 126 valence electrons. The Hall–Kier alpha value is -2.70. The fraction of sp³-hybridized carbons (Fsp3) is 0.412. The van der Waals surface area contributed by atoms with E-state index in [2.05, 4.69) is 18.8 Å². The maximum absolute atomic E-state index is 12.6. The zero-order valence-electron chi connectivity index (χ0n) is 13.8. The second-order valence-corrected chi connectivity index (χ2v) is 6.21. The monoisotopic (exact) mass is 328 g/mol. The standard InChI is InChI=1S/C17H20N4O3/c1-12(2)17-18-8-11-19(17)9-7-16(22)20-10-6-13-14(20)4-3-5-15(13)21(23)24/h3-5,8,11-12H,6-7,9-10H2,1-2H3. The largest absolute Gasteiger partial charge is 0.334 e. The smallest absolute Gasteiger partial charge is 0.274 e. The van der Waals surface area contributed by atoms with Gasteiger partial charge < -0.3 is 9.47 Å². The molecule has 24 heavy (non-hydrogen) atoms. The highest BCUT2D eigenvalue weighted by Gasteiger charge is 2.30. The van der Waals surface area contributed by atoms with Crippen molar-refractivity contribution in [2.24, 2.45) is 0 Å². The van der Waals surface area contributed by atoms with E-state index >= 15 is 0 Å². The van der Waals surface area contributed by atoms with Crippen molar-refractivity contribution < 1.29 is 9.72 Å². The van der Waals surface area contributed by atoms with Gasteiger partial charge in [-0.1, -0.05) is 19.9 Å². The third-order valence-corrected chi connectivity index (χ3v) is 4.33. The van der Waals surface area contributed by atoms with Gasteiger partial charge in [-0.2, -0.15) is 0 Å². The SMILES string of the molecule is CC(C)c1nccn1CCC(=O)N1CCc2c1cccc2[N+](=O)[O-]. The number of anilines is 1. The molecule has 0 fully saturated rings. The molecule has 2 heterocycles. The molecule has 1 aliphatic heterocycles. The maximum Gasteiger partial charge on any atom is 0.274 e. The van der Waals surface area contributed by atoms with Crippen LogP contribution in [0.3, 0.4) is 0 Å². The molecule has 1 aliphatic rings. The molecule has 1 aromatic heterocycles. The number of rotatable bonds is 5. The average Bonchev–Trinajstić information content (AvgIpc) is 3.18. The minimum absolute atomic E-state index is 0.0161. The number of carbonyl (C=O) groups excluding carboxylic acids is 1. The van der Waals surface area contributed by atoms with Crippen molar-refractivity contribution in [1.29, 1.82) is 0 Å². The van der Waals surface area contributed by atoms with Gasteiger partial charge in [-0.25, -0.2) is 4.98 Å². The number of carbonyl (C=O) groups is 1. The zero-order chi connectivity index (χ0) is 17.3. The van der Waals surface area contributed by atoms with E-state index in [0.717, 1.165) is 5.82 Å². The molecular weight excluding hydrogens is 308 g/mol. The lowest BCUT2D eigenvalue weighted by Gasteiger charge is -2.18. The lowest BCUT2D eigenvalue weighted by atomic mass is 10.1. The Balaban J connectivity index is 1.73. The Morgan fingerprint density at radius 3 is 2.92 bits per heavy atom. The normalized spacial score (nSPS) is 13.4. The number of nitrogens with zero attached hydrogens (tertiary/aromatic N) is 4. The van der Waals surface area contributed by atoms with Crippen LogP contribution in [-0.4, -0.2) is 26.9 Å². The molecule has 0 aliphatic carbocycles. The zero-order valence-corrected chi connectivity index (χ0v) is 13.8. The molecule has 1 amide bonds. The number of aryl methyl sites for hydroxylation is 1. The van der Waals surface area contributed by atoms with Crippen molar-refractivity contribution in [2.75, 3.05) is 11.4 Å². The van der Waals surface area contributed by atoms with Gasteiger partial charge in [-0.15, -0.1) is 0 Å². The number of hydrogen-bond acceptors (Lipinski definition) is 4. The number of amides is 1. The molecule has 0 atom stereocenters. The van der Waals surface area contributed by atoms with Crippen LogP contribution < -0.4 is 4.90 Å². The minimum Gasteiger partial charge on any atom is -0.334 e. The minimum atomic E-state index is -0.382. The first-order chi connectivity index (χ1) is 11.5. The number of nitro groups is 1. The van der Waals surface area contributed by atoms with E-state index < -0.39 is 0 Å². The van der Waals surface area contributed by atoms with Crippen LogP contribution in [0.25, 0.3) is 0 Å². The van der Waals surface area contributed by atoms with Crippen molar-refractivity contribution in [3.05, 3.63) is 52.1 Å². The molecule has 0 spiro atoms. The Bertz CT molecular complexity index is 782. The second-order valence-electron chi connectivity index (χ2n) is 6.21. The van der Waals surface area contributed by atoms with Gasteiger partial charge in [0.25, 0.3) is 5.69 Å². The highest BCUT2D eigenvalue weighted by atomic mass is 16.6. The first kappa shape index (κ1) is 16.2. The molecule has 7 nitrogen and oxygen atoms in total. The third-order valence-electron chi connectivity index (χ3n) is 4.33. The molecule has 0 N–H and O–H groups in total. The summed E-state index contributed by atoms with van der Waals surface area (Å²) in [5.74, 6) is 1.24. The van der Waals surface area contributed by atoms with Gasteiger partial charge in [0.05, 0.1) is 16.2 Å². The highest BCUT2D eigenvalue weighted by molar-refractivity contribution is 5.96. The predicted octanol–water partition coefficient (Wildman–Crippen LogP) is 2.89. The van der Waals surface area contributed by atoms with Gasteiger partial charge in [0.1, 0.15) is 5.82 Å². The van der Waals surface area contributed by atoms with Crippen molar-refractivity contribution in [3.63, 3.8) is 0 Å². The van der Waals surface area contributed by atoms with Crippen LogP contribution in [-0.2, 0) is 17.8 Å². The van der Waals surface area contributed by atoms with Crippen LogP contribution in [0.2, 0.25) is 0 Å². The van der Waals surface area contributed by atoms with E-state index in [1.807, 2.05) is 10.8 Å². The summed E-state index contributed by atoms with van der Waals surface area (Å²) in [5, 5.41) is 11.1. The van der Waals surface area contributed by atoms with Crippen LogP contribution in [0.4, 0.5) is 11.4 Å². The van der Waals surface area contributed by atoms with Gasteiger partial charge >= 0.3 is 0 Å². The van der Waals surface area contributed by atoms with Crippen molar-refractivity contribution in [2.45, 2.75) is 39.2 Å². The Kier molecular flexibility index (Phi) is 4.33. The van der Waals surface area contributed by atoms with Gasteiger partial charge in [-0.3, -0.25) is 14.9 Å². The molecule has 0 saturated carbocycles. The first-order valence-corrected chi connectivity index (χ1v) is 8.06. The maximum atomic E-state index is 12.6. The molecule has 0 unspecified atom stereocenters. The molecule has 0 saturated heterocycles. The summed E-state index contributed by atoms with van der Waals surface area (Å²) in [5.41, 5.74) is 1.42. The van der Waals surface area contributed by atoms with Gasteiger partial charge in [0, 0.05) is 43.9 Å². The fourth-order valence-electron chi connectivity index (χ4n) is 3.21. The van der Waals surface area contributed by atoms with Gasteiger partial charge in [-0.05, 0) is 12.5 Å². The summed E-state index contributed by atoms with van der Waals surface area (Å²) in [7, 11) is 0. The molecule has 2 aromatic rings. The first-order valence-electron chi connectivity index (χ1n) is 8.06. The van der Waals surface area contributed by atoms with Gasteiger partial charge in [0.2, 0.25) is 5.91 Å². The van der Waals surface area contributed by atoms with E-state index in [1.165, 1.54) is 6.07 Å². The van der Waals surface area contributed by atoms with Crippen molar-refractivity contribution >= 4 is 17.3 Å². The third kappa shape index (κ3) is 2.89.